The van der Waals surface area contributed by atoms with E-state index < -0.39 is 23.3 Å². The van der Waals surface area contributed by atoms with Gasteiger partial charge in [0.25, 0.3) is 5.69 Å². The molecule has 3 aromatic carbocycles. The number of hydrogen-bond acceptors (Lipinski definition) is 5. The molecule has 0 aliphatic rings. The van der Waals surface area contributed by atoms with Crippen molar-refractivity contribution in [2.75, 3.05) is 6.61 Å². The van der Waals surface area contributed by atoms with Gasteiger partial charge in [-0.2, -0.15) is 0 Å². The minimum Gasteiger partial charge on any atom is -0.481 e. The quantitative estimate of drug-likeness (QED) is 0.305. The van der Waals surface area contributed by atoms with Gasteiger partial charge in [0.05, 0.1) is 10.5 Å². The van der Waals surface area contributed by atoms with E-state index >= 15 is 0 Å². The average molecular weight is 440 g/mol. The van der Waals surface area contributed by atoms with Gasteiger partial charge in [0.15, 0.2) is 6.61 Å². The SMILES string of the molecule is O=C(O)COc1cc(F)c(-c2ccccc2)cc1C(=S)NCc1cccc([N+](=O)[O-])c1. The number of benzene rings is 3. The molecule has 31 heavy (non-hydrogen) atoms. The molecule has 0 aromatic heterocycles. The number of aliphatic carboxylic acids is 1. The lowest BCUT2D eigenvalue weighted by Gasteiger charge is -2.15. The first-order chi connectivity index (χ1) is 14.8. The van der Waals surface area contributed by atoms with Gasteiger partial charge in [-0.05, 0) is 17.2 Å². The molecule has 0 radical (unpaired) electrons. The highest BCUT2D eigenvalue weighted by atomic mass is 32.1. The van der Waals surface area contributed by atoms with E-state index in [0.29, 0.717) is 16.7 Å². The molecule has 3 aromatic rings. The molecule has 2 N–H and O–H groups in total. The zero-order chi connectivity index (χ0) is 22.4. The monoisotopic (exact) mass is 440 g/mol. The average Bonchev–Trinajstić information content (AvgIpc) is 2.76. The molecule has 0 bridgehead atoms. The number of ether oxygens (including phenoxy) is 1. The normalized spacial score (nSPS) is 10.4. The van der Waals surface area contributed by atoms with Crippen LogP contribution in [0.15, 0.2) is 66.7 Å². The second kappa shape index (κ2) is 9.77. The molecule has 0 amide bonds. The lowest BCUT2D eigenvalue weighted by Crippen LogP contribution is -2.23. The Bertz CT molecular complexity index is 1140. The van der Waals surface area contributed by atoms with Gasteiger partial charge in [-0.25, -0.2) is 9.18 Å². The number of nitro groups is 1. The molecule has 9 heteroatoms. The molecule has 158 valence electrons. The van der Waals surface area contributed by atoms with E-state index in [4.69, 9.17) is 22.1 Å². The van der Waals surface area contributed by atoms with E-state index in [9.17, 15) is 19.3 Å². The molecule has 0 aliphatic heterocycles. The van der Waals surface area contributed by atoms with Gasteiger partial charge < -0.3 is 15.2 Å². The number of thiocarbonyl (C=S) groups is 1. The van der Waals surface area contributed by atoms with Crippen LogP contribution in [-0.2, 0) is 11.3 Å². The number of nitro benzene ring substituents is 1. The van der Waals surface area contributed by atoms with Crippen molar-refractivity contribution in [1.82, 2.24) is 5.32 Å². The first-order valence-corrected chi connectivity index (χ1v) is 9.51. The van der Waals surface area contributed by atoms with Gasteiger partial charge in [0, 0.05) is 30.3 Å². The van der Waals surface area contributed by atoms with Crippen molar-refractivity contribution in [1.29, 1.82) is 0 Å². The van der Waals surface area contributed by atoms with Crippen LogP contribution in [0.2, 0.25) is 0 Å². The van der Waals surface area contributed by atoms with E-state index in [-0.39, 0.29) is 28.5 Å². The number of nitrogens with one attached hydrogen (secondary N) is 1. The standard InChI is InChI=1S/C22H17FN2O5S/c23-19-11-20(30-13-21(26)27)18(10-17(19)15-6-2-1-3-7-15)22(31)24-12-14-5-4-8-16(9-14)25(28)29/h1-11H,12-13H2,(H,24,31)(H,26,27). The van der Waals surface area contributed by atoms with Crippen LogP contribution < -0.4 is 10.1 Å². The van der Waals surface area contributed by atoms with Gasteiger partial charge in [0.2, 0.25) is 0 Å². The van der Waals surface area contributed by atoms with Gasteiger partial charge in [-0.15, -0.1) is 0 Å². The van der Waals surface area contributed by atoms with E-state index in [0.717, 1.165) is 6.07 Å². The fraction of sp³-hybridized carbons (Fsp3) is 0.0909. The van der Waals surface area contributed by atoms with E-state index in [1.807, 2.05) is 0 Å². The molecular formula is C22H17FN2O5S. The predicted octanol–water partition coefficient (Wildman–Crippen LogP) is 4.33. The summed E-state index contributed by atoms with van der Waals surface area (Å²) in [4.78, 5) is 21.5. The van der Waals surface area contributed by atoms with Gasteiger partial charge in [-0.1, -0.05) is 54.7 Å². The number of halogens is 1. The largest absolute Gasteiger partial charge is 0.481 e. The van der Waals surface area contributed by atoms with Crippen molar-refractivity contribution in [3.8, 4) is 16.9 Å². The maximum Gasteiger partial charge on any atom is 0.341 e. The maximum absolute atomic E-state index is 14.7. The predicted molar refractivity (Wildman–Crippen MR) is 117 cm³/mol. The molecule has 0 spiro atoms. The van der Waals surface area contributed by atoms with Crippen molar-refractivity contribution in [3.63, 3.8) is 0 Å². The Morgan fingerprint density at radius 1 is 1.13 bits per heavy atom. The van der Waals surface area contributed by atoms with E-state index in [1.54, 1.807) is 42.5 Å². The lowest BCUT2D eigenvalue weighted by molar-refractivity contribution is -0.384. The third kappa shape index (κ3) is 5.61. The second-order valence-corrected chi connectivity index (χ2v) is 6.89. The van der Waals surface area contributed by atoms with Crippen molar-refractivity contribution < 1.29 is 24.0 Å². The summed E-state index contributed by atoms with van der Waals surface area (Å²) in [6.07, 6.45) is 0. The number of non-ortho nitro benzene ring substituents is 1. The summed E-state index contributed by atoms with van der Waals surface area (Å²) in [5, 5.41) is 22.8. The molecule has 3 rings (SSSR count). The number of hydrogen-bond donors (Lipinski definition) is 2. The van der Waals surface area contributed by atoms with E-state index in [2.05, 4.69) is 5.32 Å². The Kier molecular flexibility index (Phi) is 6.88. The summed E-state index contributed by atoms with van der Waals surface area (Å²) in [5.74, 6) is -1.82. The minimum absolute atomic E-state index is 0.0175. The van der Waals surface area contributed by atoms with Crippen molar-refractivity contribution in [2.45, 2.75) is 6.54 Å². The Morgan fingerprint density at radius 3 is 2.55 bits per heavy atom. The zero-order valence-electron chi connectivity index (χ0n) is 16.1. The molecule has 0 fully saturated rings. The summed E-state index contributed by atoms with van der Waals surface area (Å²) < 4.78 is 20.0. The number of carboxylic acids is 1. The molecule has 0 heterocycles. The van der Waals surface area contributed by atoms with E-state index in [1.165, 1.54) is 18.2 Å². The number of carboxylic acid groups (broad SMARTS) is 1. The Morgan fingerprint density at radius 2 is 1.87 bits per heavy atom. The molecule has 0 saturated carbocycles. The molecule has 7 nitrogen and oxygen atoms in total. The Hall–Kier alpha value is -3.85. The lowest BCUT2D eigenvalue weighted by atomic mass is 10.0. The fourth-order valence-electron chi connectivity index (χ4n) is 2.89. The molecule has 0 unspecified atom stereocenters. The second-order valence-electron chi connectivity index (χ2n) is 6.49. The number of carbonyl (C=O) groups is 1. The van der Waals surface area contributed by atoms with Crippen LogP contribution in [0.4, 0.5) is 10.1 Å². The first kappa shape index (κ1) is 21.8. The van der Waals surface area contributed by atoms with Crippen LogP contribution in [0.25, 0.3) is 11.1 Å². The minimum atomic E-state index is -1.21. The summed E-state index contributed by atoms with van der Waals surface area (Å²) in [6, 6.07) is 17.5. The Labute approximate surface area is 182 Å². The molecule has 0 atom stereocenters. The summed E-state index contributed by atoms with van der Waals surface area (Å²) >= 11 is 5.43. The highest BCUT2D eigenvalue weighted by Gasteiger charge is 2.17. The Balaban J connectivity index is 1.90. The summed E-state index contributed by atoms with van der Waals surface area (Å²) in [6.45, 7) is -0.485. The van der Waals surface area contributed by atoms with Crippen molar-refractivity contribution in [3.05, 3.63) is 93.8 Å². The highest BCUT2D eigenvalue weighted by molar-refractivity contribution is 7.80. The van der Waals surface area contributed by atoms with Crippen LogP contribution in [0, 0.1) is 15.9 Å². The summed E-state index contributed by atoms with van der Waals surface area (Å²) in [5.41, 5.74) is 1.77. The van der Waals surface area contributed by atoms with Gasteiger partial charge in [-0.3, -0.25) is 10.1 Å². The van der Waals surface area contributed by atoms with Gasteiger partial charge >= 0.3 is 5.97 Å². The molecule has 0 saturated heterocycles. The van der Waals surface area contributed by atoms with Crippen LogP contribution in [0.3, 0.4) is 0 Å². The number of nitrogens with zero attached hydrogens (tertiary/aromatic N) is 1. The number of rotatable bonds is 8. The molecule has 0 aliphatic carbocycles. The topological polar surface area (TPSA) is 102 Å². The summed E-state index contributed by atoms with van der Waals surface area (Å²) in [7, 11) is 0. The van der Waals surface area contributed by atoms with Crippen molar-refractivity contribution in [2.24, 2.45) is 0 Å². The van der Waals surface area contributed by atoms with Gasteiger partial charge in [0.1, 0.15) is 16.6 Å². The van der Waals surface area contributed by atoms with Crippen LogP contribution in [0.5, 0.6) is 5.75 Å². The smallest absolute Gasteiger partial charge is 0.341 e. The van der Waals surface area contributed by atoms with Crippen LogP contribution >= 0.6 is 12.2 Å². The maximum atomic E-state index is 14.7. The fourth-order valence-corrected chi connectivity index (χ4v) is 3.12. The highest BCUT2D eigenvalue weighted by Crippen LogP contribution is 2.30. The van der Waals surface area contributed by atoms with Crippen LogP contribution in [-0.4, -0.2) is 27.6 Å². The third-order valence-electron chi connectivity index (χ3n) is 4.32. The van der Waals surface area contributed by atoms with Crippen molar-refractivity contribution >= 4 is 28.9 Å². The zero-order valence-corrected chi connectivity index (χ0v) is 16.9. The van der Waals surface area contributed by atoms with Crippen LogP contribution in [0.1, 0.15) is 11.1 Å². The first-order valence-electron chi connectivity index (χ1n) is 9.10. The third-order valence-corrected chi connectivity index (χ3v) is 4.69. The molecular weight excluding hydrogens is 423 g/mol.